The minimum absolute atomic E-state index is 0.0118. The van der Waals surface area contributed by atoms with Gasteiger partial charge in [-0.1, -0.05) is 26.5 Å². The summed E-state index contributed by atoms with van der Waals surface area (Å²) >= 11 is 0. The molecule has 5 aliphatic rings. The lowest BCUT2D eigenvalue weighted by Crippen LogP contribution is -2.54. The molecule has 27 heavy (non-hydrogen) atoms. The van der Waals surface area contributed by atoms with Crippen LogP contribution in [0, 0.1) is 28.6 Å². The summed E-state index contributed by atoms with van der Waals surface area (Å²) in [6, 6.07) is 0. The van der Waals surface area contributed by atoms with Gasteiger partial charge >= 0.3 is 0 Å². The molecule has 0 bridgehead atoms. The van der Waals surface area contributed by atoms with Gasteiger partial charge in [0.05, 0.1) is 24.6 Å². The van der Waals surface area contributed by atoms with Crippen molar-refractivity contribution in [3.8, 4) is 0 Å². The van der Waals surface area contributed by atoms with Crippen molar-refractivity contribution in [3.05, 3.63) is 35.6 Å². The molecule has 0 radical (unpaired) electrons. The Morgan fingerprint density at radius 3 is 2.70 bits per heavy atom. The second-order valence-electron chi connectivity index (χ2n) is 10.3. The van der Waals surface area contributed by atoms with Gasteiger partial charge in [0.25, 0.3) is 0 Å². The van der Waals surface area contributed by atoms with Crippen molar-refractivity contribution in [1.82, 2.24) is 0 Å². The van der Waals surface area contributed by atoms with E-state index < -0.39 is 0 Å². The normalized spacial score (nSPS) is 48.6. The molecule has 2 heteroatoms. The van der Waals surface area contributed by atoms with Crippen LogP contribution in [0.5, 0.6) is 0 Å². The van der Waals surface area contributed by atoms with Crippen LogP contribution in [0.2, 0.25) is 0 Å². The fourth-order valence-electron chi connectivity index (χ4n) is 8.07. The Hall–Kier alpha value is -1.02. The van der Waals surface area contributed by atoms with Gasteiger partial charge in [0, 0.05) is 11.8 Å². The highest BCUT2D eigenvalue weighted by Gasteiger charge is 2.66. The van der Waals surface area contributed by atoms with Gasteiger partial charge in [0.15, 0.2) is 0 Å². The number of ether oxygens (including phenoxy) is 2. The van der Waals surface area contributed by atoms with E-state index in [9.17, 15) is 0 Å². The van der Waals surface area contributed by atoms with Crippen molar-refractivity contribution in [2.75, 3.05) is 13.2 Å². The molecule has 0 aromatic rings. The Kier molecular flexibility index (Phi) is 4.00. The van der Waals surface area contributed by atoms with Gasteiger partial charge in [-0.05, 0) is 92.3 Å². The molecule has 5 rings (SSSR count). The second kappa shape index (κ2) is 5.99. The van der Waals surface area contributed by atoms with Crippen molar-refractivity contribution >= 4 is 0 Å². The molecule has 1 saturated heterocycles. The lowest BCUT2D eigenvalue weighted by atomic mass is 9.47. The minimum atomic E-state index is -0.0118. The first-order valence-electron chi connectivity index (χ1n) is 11.3. The van der Waals surface area contributed by atoms with E-state index in [2.05, 4.69) is 39.5 Å². The van der Waals surface area contributed by atoms with E-state index in [0.29, 0.717) is 10.8 Å². The molecule has 0 aromatic heterocycles. The largest absolute Gasteiger partial charge is 0.498 e. The van der Waals surface area contributed by atoms with Gasteiger partial charge in [-0.25, -0.2) is 0 Å². The molecule has 0 unspecified atom stereocenters. The standard InChI is InChI=1S/C25H36O2/c1-5-26-19-8-12-23(3)18(16-19)6-7-20-21(23)9-13-24(4)22(20)10-14-25(24)17(2)11-15-27-25/h6,16,20-22H,2,5,7-15H2,1,3-4H3/t20-,21+,22+,23+,24+,25-/m1/s1. The highest BCUT2D eigenvalue weighted by Crippen LogP contribution is 2.69. The second-order valence-corrected chi connectivity index (χ2v) is 10.3. The molecule has 1 heterocycles. The highest BCUT2D eigenvalue weighted by atomic mass is 16.5. The molecule has 1 aliphatic heterocycles. The third-order valence-electron chi connectivity index (χ3n) is 9.50. The Morgan fingerprint density at radius 1 is 1.15 bits per heavy atom. The third-order valence-corrected chi connectivity index (χ3v) is 9.50. The SMILES string of the molecule is C=C1CCO[C@]12CC[C@H]1[C@@H]3CC=C4C=C(OCC)CC[C@]4(C)[C@H]3CC[C@@]12C. The van der Waals surface area contributed by atoms with Crippen LogP contribution in [-0.4, -0.2) is 18.8 Å². The molecule has 2 nitrogen and oxygen atoms in total. The molecule has 4 aliphatic carbocycles. The van der Waals surface area contributed by atoms with E-state index in [4.69, 9.17) is 9.47 Å². The van der Waals surface area contributed by atoms with Gasteiger partial charge in [-0.2, -0.15) is 0 Å². The lowest BCUT2D eigenvalue weighted by molar-refractivity contribution is -0.115. The van der Waals surface area contributed by atoms with Crippen LogP contribution in [-0.2, 0) is 9.47 Å². The zero-order valence-corrected chi connectivity index (χ0v) is 17.5. The predicted molar refractivity (Wildman–Crippen MR) is 109 cm³/mol. The van der Waals surface area contributed by atoms with E-state index in [1.165, 1.54) is 49.9 Å². The van der Waals surface area contributed by atoms with Crippen molar-refractivity contribution in [3.63, 3.8) is 0 Å². The Bertz CT molecular complexity index is 718. The third kappa shape index (κ3) is 2.23. The first-order chi connectivity index (χ1) is 12.9. The molecule has 0 aromatic carbocycles. The zero-order chi connectivity index (χ0) is 18.9. The molecule has 148 valence electrons. The minimum Gasteiger partial charge on any atom is -0.498 e. The van der Waals surface area contributed by atoms with Crippen molar-refractivity contribution in [1.29, 1.82) is 0 Å². The van der Waals surface area contributed by atoms with Crippen molar-refractivity contribution in [2.24, 2.45) is 28.6 Å². The molecule has 2 saturated carbocycles. The summed E-state index contributed by atoms with van der Waals surface area (Å²) in [5.41, 5.74) is 3.59. The topological polar surface area (TPSA) is 18.5 Å². The monoisotopic (exact) mass is 368 g/mol. The van der Waals surface area contributed by atoms with E-state index in [1.807, 2.05) is 0 Å². The Morgan fingerprint density at radius 2 is 1.96 bits per heavy atom. The van der Waals surface area contributed by atoms with Crippen LogP contribution in [0.3, 0.4) is 0 Å². The molecule has 0 N–H and O–H groups in total. The molecule has 0 amide bonds. The fourth-order valence-corrected chi connectivity index (χ4v) is 8.07. The van der Waals surface area contributed by atoms with Gasteiger partial charge in [0.2, 0.25) is 0 Å². The number of rotatable bonds is 2. The maximum Gasteiger partial charge on any atom is 0.0962 e. The summed E-state index contributed by atoms with van der Waals surface area (Å²) < 4.78 is 12.4. The predicted octanol–water partition coefficient (Wildman–Crippen LogP) is 6.19. The molecule has 3 fully saturated rings. The fraction of sp³-hybridized carbons (Fsp3) is 0.760. The van der Waals surface area contributed by atoms with Crippen LogP contribution in [0.1, 0.15) is 72.1 Å². The molecular weight excluding hydrogens is 332 g/mol. The van der Waals surface area contributed by atoms with Gasteiger partial charge < -0.3 is 9.47 Å². The molecule has 1 spiro atoms. The summed E-state index contributed by atoms with van der Waals surface area (Å²) in [6.45, 7) is 13.3. The zero-order valence-electron chi connectivity index (χ0n) is 17.5. The van der Waals surface area contributed by atoms with Crippen molar-refractivity contribution < 1.29 is 9.47 Å². The van der Waals surface area contributed by atoms with Crippen LogP contribution >= 0.6 is 0 Å². The lowest BCUT2D eigenvalue weighted by Gasteiger charge is -2.58. The number of fused-ring (bicyclic) bond motifs is 6. The summed E-state index contributed by atoms with van der Waals surface area (Å²) in [5, 5.41) is 0. The maximum absolute atomic E-state index is 6.50. The summed E-state index contributed by atoms with van der Waals surface area (Å²) in [4.78, 5) is 0. The maximum atomic E-state index is 6.50. The summed E-state index contributed by atoms with van der Waals surface area (Å²) in [6.07, 6.45) is 14.8. The summed E-state index contributed by atoms with van der Waals surface area (Å²) in [7, 11) is 0. The van der Waals surface area contributed by atoms with Gasteiger partial charge in [-0.3, -0.25) is 0 Å². The summed E-state index contributed by atoms with van der Waals surface area (Å²) in [5.74, 6) is 3.63. The van der Waals surface area contributed by atoms with E-state index >= 15 is 0 Å². The van der Waals surface area contributed by atoms with Crippen LogP contribution in [0.25, 0.3) is 0 Å². The first-order valence-corrected chi connectivity index (χ1v) is 11.3. The molecular formula is C25H36O2. The van der Waals surface area contributed by atoms with Crippen molar-refractivity contribution in [2.45, 2.75) is 77.7 Å². The van der Waals surface area contributed by atoms with Gasteiger partial charge in [0.1, 0.15) is 0 Å². The molecule has 6 atom stereocenters. The number of hydrogen-bond donors (Lipinski definition) is 0. The number of hydrogen-bond acceptors (Lipinski definition) is 2. The smallest absolute Gasteiger partial charge is 0.0962 e. The van der Waals surface area contributed by atoms with E-state index in [1.54, 1.807) is 5.57 Å². The van der Waals surface area contributed by atoms with Gasteiger partial charge in [-0.15, -0.1) is 0 Å². The van der Waals surface area contributed by atoms with Crippen LogP contribution < -0.4 is 0 Å². The van der Waals surface area contributed by atoms with Crippen LogP contribution in [0.15, 0.2) is 35.6 Å². The van der Waals surface area contributed by atoms with E-state index in [0.717, 1.165) is 43.8 Å². The Balaban J connectivity index is 1.48. The quantitative estimate of drug-likeness (QED) is 0.541. The van der Waals surface area contributed by atoms with E-state index in [-0.39, 0.29) is 5.60 Å². The average molecular weight is 369 g/mol. The highest BCUT2D eigenvalue weighted by molar-refractivity contribution is 5.37. The Labute approximate surface area is 165 Å². The first kappa shape index (κ1) is 18.0. The number of allylic oxidation sites excluding steroid dienone is 4. The van der Waals surface area contributed by atoms with Crippen LogP contribution in [0.4, 0.5) is 0 Å². The average Bonchev–Trinajstić information content (AvgIpc) is 3.17.